The summed E-state index contributed by atoms with van der Waals surface area (Å²) >= 11 is 0. The number of anilines is 1. The first-order chi connectivity index (χ1) is 13.1. The fraction of sp³-hybridized carbons (Fsp3) is 0.263. The second-order valence-corrected chi connectivity index (χ2v) is 8.88. The van der Waals surface area contributed by atoms with E-state index in [0.29, 0.717) is 11.2 Å². The average molecular weight is 402 g/mol. The number of carbonyl (C=O) groups excluding carboxylic acids is 1. The van der Waals surface area contributed by atoms with Crippen LogP contribution in [0.2, 0.25) is 0 Å². The van der Waals surface area contributed by atoms with Gasteiger partial charge in [0.1, 0.15) is 6.54 Å². The fourth-order valence-corrected chi connectivity index (χ4v) is 3.88. The van der Waals surface area contributed by atoms with E-state index in [1.165, 1.54) is 35.4 Å². The highest BCUT2D eigenvalue weighted by molar-refractivity contribution is 7.89. The van der Waals surface area contributed by atoms with Crippen LogP contribution in [0, 0.1) is 6.92 Å². The molecule has 3 rings (SSSR count). The number of para-hydroxylation sites is 2. The highest BCUT2D eigenvalue weighted by Gasteiger charge is 2.19. The maximum Gasteiger partial charge on any atom is 0.329 e. The number of aromatic nitrogens is 2. The molecular weight excluding hydrogens is 380 g/mol. The van der Waals surface area contributed by atoms with Crippen molar-refractivity contribution in [1.82, 2.24) is 13.4 Å². The van der Waals surface area contributed by atoms with Crippen LogP contribution in [0.1, 0.15) is 5.56 Å². The zero-order chi connectivity index (χ0) is 20.6. The third-order valence-corrected chi connectivity index (χ3v) is 6.43. The third kappa shape index (κ3) is 3.46. The molecule has 0 atom stereocenters. The fourth-order valence-electron chi connectivity index (χ4n) is 2.96. The summed E-state index contributed by atoms with van der Waals surface area (Å²) in [6.07, 6.45) is 0. The van der Waals surface area contributed by atoms with Crippen LogP contribution in [0.15, 0.2) is 52.2 Å². The van der Waals surface area contributed by atoms with Crippen LogP contribution < -0.4 is 11.0 Å². The molecule has 2 aromatic carbocycles. The van der Waals surface area contributed by atoms with Gasteiger partial charge in [-0.25, -0.2) is 17.5 Å². The predicted molar refractivity (Wildman–Crippen MR) is 108 cm³/mol. The Bertz CT molecular complexity index is 1220. The van der Waals surface area contributed by atoms with E-state index in [0.717, 1.165) is 15.4 Å². The van der Waals surface area contributed by atoms with Gasteiger partial charge in [0.15, 0.2) is 0 Å². The number of benzene rings is 2. The van der Waals surface area contributed by atoms with Crippen molar-refractivity contribution in [2.75, 3.05) is 19.4 Å². The minimum atomic E-state index is -3.62. The number of carbonyl (C=O) groups is 1. The molecule has 9 heteroatoms. The Hall–Kier alpha value is -2.91. The van der Waals surface area contributed by atoms with Crippen molar-refractivity contribution in [2.24, 2.45) is 7.05 Å². The molecule has 8 nitrogen and oxygen atoms in total. The molecule has 3 aromatic rings. The largest absolute Gasteiger partial charge is 0.329 e. The van der Waals surface area contributed by atoms with Crippen LogP contribution in [0.25, 0.3) is 11.0 Å². The lowest BCUT2D eigenvalue weighted by atomic mass is 10.2. The van der Waals surface area contributed by atoms with E-state index >= 15 is 0 Å². The Kier molecular flexibility index (Phi) is 5.14. The Morgan fingerprint density at radius 3 is 2.39 bits per heavy atom. The Balaban J connectivity index is 1.91. The molecule has 1 heterocycles. The van der Waals surface area contributed by atoms with Crippen molar-refractivity contribution < 1.29 is 13.2 Å². The topological polar surface area (TPSA) is 93.4 Å². The monoisotopic (exact) mass is 402 g/mol. The molecule has 0 aliphatic rings. The number of aryl methyl sites for hydroxylation is 2. The average Bonchev–Trinajstić information content (AvgIpc) is 2.88. The standard InChI is InChI=1S/C19H22N4O4S/c1-13-9-10-14(28(26,27)21(2)3)11-15(13)20-18(24)12-23-17-8-6-5-7-16(17)22(4)19(23)25/h5-11H,12H2,1-4H3,(H,20,24). The Morgan fingerprint density at radius 2 is 1.75 bits per heavy atom. The van der Waals surface area contributed by atoms with Gasteiger partial charge in [-0.3, -0.25) is 13.9 Å². The van der Waals surface area contributed by atoms with Gasteiger partial charge in [0.2, 0.25) is 15.9 Å². The first kappa shape index (κ1) is 19.8. The maximum atomic E-state index is 12.6. The summed E-state index contributed by atoms with van der Waals surface area (Å²) in [6, 6.07) is 11.8. The van der Waals surface area contributed by atoms with Crippen LogP contribution in [-0.2, 0) is 28.4 Å². The second-order valence-electron chi connectivity index (χ2n) is 6.73. The molecule has 1 N–H and O–H groups in total. The molecule has 0 spiro atoms. The molecule has 0 unspecified atom stereocenters. The molecule has 0 aliphatic heterocycles. The van der Waals surface area contributed by atoms with Crippen molar-refractivity contribution in [3.05, 3.63) is 58.5 Å². The molecule has 0 aliphatic carbocycles. The van der Waals surface area contributed by atoms with Crippen LogP contribution in [0.5, 0.6) is 0 Å². The van der Waals surface area contributed by atoms with Crippen LogP contribution in [-0.4, -0.2) is 41.9 Å². The zero-order valence-electron chi connectivity index (χ0n) is 16.1. The summed E-state index contributed by atoms with van der Waals surface area (Å²) in [5.74, 6) is -0.416. The number of nitrogens with one attached hydrogen (secondary N) is 1. The molecule has 28 heavy (non-hydrogen) atoms. The smallest absolute Gasteiger partial charge is 0.324 e. The van der Waals surface area contributed by atoms with Gasteiger partial charge in [-0.1, -0.05) is 18.2 Å². The molecule has 0 bridgehead atoms. The molecule has 0 radical (unpaired) electrons. The minimum Gasteiger partial charge on any atom is -0.324 e. The van der Waals surface area contributed by atoms with E-state index < -0.39 is 15.9 Å². The summed E-state index contributed by atoms with van der Waals surface area (Å²) in [7, 11) is 0.922. The van der Waals surface area contributed by atoms with Crippen molar-refractivity contribution >= 4 is 32.7 Å². The number of rotatable bonds is 5. The predicted octanol–water partition coefficient (Wildman–Crippen LogP) is 1.54. The number of hydrogen-bond donors (Lipinski definition) is 1. The quantitative estimate of drug-likeness (QED) is 0.701. The molecule has 1 aromatic heterocycles. The first-order valence-electron chi connectivity index (χ1n) is 8.60. The van der Waals surface area contributed by atoms with Crippen molar-refractivity contribution in [3.63, 3.8) is 0 Å². The lowest BCUT2D eigenvalue weighted by Crippen LogP contribution is -2.28. The van der Waals surface area contributed by atoms with Gasteiger partial charge < -0.3 is 5.32 Å². The number of nitrogens with zero attached hydrogens (tertiary/aromatic N) is 3. The Morgan fingerprint density at radius 1 is 1.11 bits per heavy atom. The van der Waals surface area contributed by atoms with Gasteiger partial charge in [-0.15, -0.1) is 0 Å². The third-order valence-electron chi connectivity index (χ3n) is 4.62. The maximum absolute atomic E-state index is 12.6. The van der Waals surface area contributed by atoms with E-state index in [4.69, 9.17) is 0 Å². The van der Waals surface area contributed by atoms with Gasteiger partial charge in [-0.05, 0) is 36.8 Å². The lowest BCUT2D eigenvalue weighted by Gasteiger charge is -2.14. The van der Waals surface area contributed by atoms with Gasteiger partial charge in [0.25, 0.3) is 0 Å². The normalized spacial score (nSPS) is 11.9. The number of imidazole rings is 1. The summed E-state index contributed by atoms with van der Waals surface area (Å²) in [6.45, 7) is 1.59. The molecular formula is C19H22N4O4S. The molecule has 0 saturated carbocycles. The molecule has 0 saturated heterocycles. The van der Waals surface area contributed by atoms with E-state index in [2.05, 4.69) is 5.32 Å². The SMILES string of the molecule is Cc1ccc(S(=O)(=O)N(C)C)cc1NC(=O)Cn1c(=O)n(C)c2ccccc21. The van der Waals surface area contributed by atoms with Crippen LogP contribution in [0.4, 0.5) is 5.69 Å². The van der Waals surface area contributed by atoms with Gasteiger partial charge in [0, 0.05) is 26.8 Å². The molecule has 1 amide bonds. The number of hydrogen-bond acceptors (Lipinski definition) is 4. The summed E-state index contributed by atoms with van der Waals surface area (Å²) in [5.41, 5.74) is 2.20. The van der Waals surface area contributed by atoms with Crippen LogP contribution in [0.3, 0.4) is 0 Å². The first-order valence-corrected chi connectivity index (χ1v) is 10.0. The highest BCUT2D eigenvalue weighted by Crippen LogP contribution is 2.22. The van der Waals surface area contributed by atoms with Gasteiger partial charge >= 0.3 is 5.69 Å². The van der Waals surface area contributed by atoms with E-state index in [9.17, 15) is 18.0 Å². The van der Waals surface area contributed by atoms with Gasteiger partial charge in [-0.2, -0.15) is 0 Å². The highest BCUT2D eigenvalue weighted by atomic mass is 32.2. The summed E-state index contributed by atoms with van der Waals surface area (Å²) in [5, 5.41) is 2.72. The van der Waals surface area contributed by atoms with E-state index in [1.807, 2.05) is 12.1 Å². The number of sulfonamides is 1. The van der Waals surface area contributed by atoms with Crippen molar-refractivity contribution in [2.45, 2.75) is 18.4 Å². The van der Waals surface area contributed by atoms with Crippen molar-refractivity contribution in [1.29, 1.82) is 0 Å². The van der Waals surface area contributed by atoms with Gasteiger partial charge in [0.05, 0.1) is 15.9 Å². The summed E-state index contributed by atoms with van der Waals surface area (Å²) < 4.78 is 28.6. The minimum absolute atomic E-state index is 0.0840. The Labute approximate surface area is 163 Å². The number of amides is 1. The lowest BCUT2D eigenvalue weighted by molar-refractivity contribution is -0.116. The molecule has 148 valence electrons. The van der Waals surface area contributed by atoms with Crippen molar-refractivity contribution in [3.8, 4) is 0 Å². The molecule has 0 fully saturated rings. The van der Waals surface area contributed by atoms with E-state index in [-0.39, 0.29) is 17.1 Å². The zero-order valence-corrected chi connectivity index (χ0v) is 16.9. The number of fused-ring (bicyclic) bond motifs is 1. The van der Waals surface area contributed by atoms with Crippen LogP contribution >= 0.6 is 0 Å². The van der Waals surface area contributed by atoms with E-state index in [1.54, 1.807) is 32.2 Å². The summed E-state index contributed by atoms with van der Waals surface area (Å²) in [4.78, 5) is 25.1. The second kappa shape index (κ2) is 7.25.